The van der Waals surface area contributed by atoms with Gasteiger partial charge in [-0.15, -0.1) is 24.0 Å². The number of methoxy groups -OCH3 is 2. The first-order valence-corrected chi connectivity index (χ1v) is 8.30. The molecule has 0 unspecified atom stereocenters. The fourth-order valence-electron chi connectivity index (χ4n) is 2.30. The molecule has 0 aliphatic rings. The average Bonchev–Trinajstić information content (AvgIpc) is 2.69. The summed E-state index contributed by atoms with van der Waals surface area (Å²) in [5.41, 5.74) is 0.994. The number of hydrogen-bond acceptors (Lipinski definition) is 4. The van der Waals surface area contributed by atoms with Gasteiger partial charge in [-0.05, 0) is 29.8 Å². The molecule has 2 rings (SSSR count). The van der Waals surface area contributed by atoms with Crippen LogP contribution in [0, 0.1) is 11.6 Å². The van der Waals surface area contributed by atoms with E-state index in [1.165, 1.54) is 6.07 Å². The van der Waals surface area contributed by atoms with Crippen molar-refractivity contribution in [1.29, 1.82) is 0 Å². The molecule has 0 bridgehead atoms. The molecular weight excluding hydrogens is 483 g/mol. The fraction of sp³-hybridized carbons (Fsp3) is 0.316. The van der Waals surface area contributed by atoms with Crippen LogP contribution in [-0.2, 0) is 6.54 Å². The molecular formula is C19H24F2IN3O3. The number of halogens is 3. The van der Waals surface area contributed by atoms with Crippen molar-refractivity contribution in [1.82, 2.24) is 10.6 Å². The quantitative estimate of drug-likeness (QED) is 0.249. The Hall–Kier alpha value is -2.30. The average molecular weight is 507 g/mol. The topological polar surface area (TPSA) is 64.1 Å². The number of hydrogen-bond donors (Lipinski definition) is 2. The zero-order chi connectivity index (χ0) is 19.6. The standard InChI is InChI=1S/C19H23F2N3O3.HI/c1-22-19(23-8-9-27-14-5-6-15(20)16(21)11-14)24-12-13-4-7-17(25-2)18(10-13)26-3;/h4-7,10-11H,8-9,12H2,1-3H3,(H2,22,23,24);1H. The summed E-state index contributed by atoms with van der Waals surface area (Å²) in [6, 6.07) is 9.06. The smallest absolute Gasteiger partial charge is 0.191 e. The monoisotopic (exact) mass is 507 g/mol. The van der Waals surface area contributed by atoms with E-state index >= 15 is 0 Å². The molecule has 0 radical (unpaired) electrons. The molecule has 2 aromatic rings. The number of nitrogens with zero attached hydrogens (tertiary/aromatic N) is 1. The summed E-state index contributed by atoms with van der Waals surface area (Å²) < 4.78 is 41.9. The second-order valence-corrected chi connectivity index (χ2v) is 5.47. The minimum absolute atomic E-state index is 0. The Bertz CT molecular complexity index is 791. The number of nitrogens with one attached hydrogen (secondary N) is 2. The van der Waals surface area contributed by atoms with E-state index in [1.54, 1.807) is 21.3 Å². The van der Waals surface area contributed by atoms with E-state index in [0.717, 1.165) is 17.7 Å². The third-order valence-electron chi connectivity index (χ3n) is 3.69. The molecule has 9 heteroatoms. The van der Waals surface area contributed by atoms with Crippen LogP contribution in [0.1, 0.15) is 5.56 Å². The lowest BCUT2D eigenvalue weighted by molar-refractivity contribution is 0.318. The number of rotatable bonds is 8. The largest absolute Gasteiger partial charge is 0.493 e. The van der Waals surface area contributed by atoms with Crippen molar-refractivity contribution in [2.75, 3.05) is 34.4 Å². The Kier molecular flexibility index (Phi) is 10.4. The van der Waals surface area contributed by atoms with E-state index in [-0.39, 0.29) is 36.3 Å². The highest BCUT2D eigenvalue weighted by Gasteiger charge is 2.06. The van der Waals surface area contributed by atoms with Crippen LogP contribution in [0.4, 0.5) is 8.78 Å². The maximum Gasteiger partial charge on any atom is 0.191 e. The van der Waals surface area contributed by atoms with Crippen LogP contribution in [-0.4, -0.2) is 40.4 Å². The van der Waals surface area contributed by atoms with Crippen molar-refractivity contribution in [3.63, 3.8) is 0 Å². The van der Waals surface area contributed by atoms with Gasteiger partial charge < -0.3 is 24.8 Å². The molecule has 2 aromatic carbocycles. The van der Waals surface area contributed by atoms with Crippen LogP contribution in [0.2, 0.25) is 0 Å². The predicted molar refractivity (Wildman–Crippen MR) is 115 cm³/mol. The molecule has 2 N–H and O–H groups in total. The van der Waals surface area contributed by atoms with Gasteiger partial charge in [0.1, 0.15) is 12.4 Å². The highest BCUT2D eigenvalue weighted by Crippen LogP contribution is 2.27. The van der Waals surface area contributed by atoms with Gasteiger partial charge in [0.05, 0.1) is 20.8 Å². The van der Waals surface area contributed by atoms with Crippen molar-refractivity contribution < 1.29 is 23.0 Å². The molecule has 0 saturated heterocycles. The van der Waals surface area contributed by atoms with Crippen molar-refractivity contribution in [3.8, 4) is 17.2 Å². The van der Waals surface area contributed by atoms with E-state index in [2.05, 4.69) is 15.6 Å². The van der Waals surface area contributed by atoms with E-state index in [0.29, 0.717) is 30.5 Å². The van der Waals surface area contributed by atoms with Crippen LogP contribution < -0.4 is 24.8 Å². The summed E-state index contributed by atoms with van der Waals surface area (Å²) in [6.45, 7) is 1.23. The molecule has 0 fully saturated rings. The SMILES string of the molecule is CN=C(NCCOc1ccc(F)c(F)c1)NCc1ccc(OC)c(OC)c1.I. The minimum Gasteiger partial charge on any atom is -0.493 e. The van der Waals surface area contributed by atoms with Gasteiger partial charge in [-0.2, -0.15) is 0 Å². The van der Waals surface area contributed by atoms with Crippen molar-refractivity contribution in [2.24, 2.45) is 4.99 Å². The van der Waals surface area contributed by atoms with Crippen molar-refractivity contribution in [2.45, 2.75) is 6.54 Å². The first-order chi connectivity index (χ1) is 13.1. The number of guanidine groups is 1. The van der Waals surface area contributed by atoms with Gasteiger partial charge in [-0.3, -0.25) is 4.99 Å². The Morgan fingerprint density at radius 2 is 1.71 bits per heavy atom. The highest BCUT2D eigenvalue weighted by atomic mass is 127. The van der Waals surface area contributed by atoms with E-state index in [4.69, 9.17) is 14.2 Å². The van der Waals surface area contributed by atoms with E-state index < -0.39 is 11.6 Å². The van der Waals surface area contributed by atoms with Gasteiger partial charge in [0.2, 0.25) is 0 Å². The van der Waals surface area contributed by atoms with Crippen LogP contribution >= 0.6 is 24.0 Å². The van der Waals surface area contributed by atoms with Gasteiger partial charge in [0, 0.05) is 19.7 Å². The van der Waals surface area contributed by atoms with Crippen molar-refractivity contribution >= 4 is 29.9 Å². The minimum atomic E-state index is -0.937. The van der Waals surface area contributed by atoms with Gasteiger partial charge in [0.15, 0.2) is 29.1 Å². The lowest BCUT2D eigenvalue weighted by Gasteiger charge is -2.14. The summed E-state index contributed by atoms with van der Waals surface area (Å²) in [5.74, 6) is 0.327. The molecule has 0 amide bonds. The maximum atomic E-state index is 13.1. The highest BCUT2D eigenvalue weighted by molar-refractivity contribution is 14.0. The second-order valence-electron chi connectivity index (χ2n) is 5.47. The summed E-state index contributed by atoms with van der Waals surface area (Å²) in [7, 11) is 4.83. The molecule has 0 aliphatic carbocycles. The third kappa shape index (κ3) is 7.02. The normalized spacial score (nSPS) is 10.7. The zero-order valence-corrected chi connectivity index (χ0v) is 18.3. The molecule has 0 aliphatic heterocycles. The summed E-state index contributed by atoms with van der Waals surface area (Å²) in [6.07, 6.45) is 0. The van der Waals surface area contributed by atoms with Crippen LogP contribution in [0.25, 0.3) is 0 Å². The third-order valence-corrected chi connectivity index (χ3v) is 3.69. The maximum absolute atomic E-state index is 13.1. The zero-order valence-electron chi connectivity index (χ0n) is 15.9. The van der Waals surface area contributed by atoms with Gasteiger partial charge in [0.25, 0.3) is 0 Å². The molecule has 28 heavy (non-hydrogen) atoms. The first-order valence-electron chi connectivity index (χ1n) is 8.30. The van der Waals surface area contributed by atoms with Gasteiger partial charge in [-0.25, -0.2) is 8.78 Å². The Balaban J connectivity index is 0.00000392. The lowest BCUT2D eigenvalue weighted by Crippen LogP contribution is -2.38. The Morgan fingerprint density at radius 3 is 2.36 bits per heavy atom. The Morgan fingerprint density at radius 1 is 0.964 bits per heavy atom. The number of ether oxygens (including phenoxy) is 3. The van der Waals surface area contributed by atoms with Gasteiger partial charge in [-0.1, -0.05) is 6.07 Å². The number of benzene rings is 2. The molecule has 6 nitrogen and oxygen atoms in total. The van der Waals surface area contributed by atoms with Gasteiger partial charge >= 0.3 is 0 Å². The van der Waals surface area contributed by atoms with E-state index in [9.17, 15) is 8.78 Å². The molecule has 0 spiro atoms. The summed E-state index contributed by atoms with van der Waals surface area (Å²) in [5, 5.41) is 6.24. The first kappa shape index (κ1) is 23.7. The molecule has 0 atom stereocenters. The lowest BCUT2D eigenvalue weighted by atomic mass is 10.2. The van der Waals surface area contributed by atoms with E-state index in [1.807, 2.05) is 18.2 Å². The molecule has 154 valence electrons. The fourth-order valence-corrected chi connectivity index (χ4v) is 2.30. The predicted octanol–water partition coefficient (Wildman–Crippen LogP) is 3.34. The molecule has 0 heterocycles. The molecule has 0 saturated carbocycles. The Labute approximate surface area is 180 Å². The summed E-state index contributed by atoms with van der Waals surface area (Å²) in [4.78, 5) is 4.12. The number of aliphatic imine (C=N–C) groups is 1. The van der Waals surface area contributed by atoms with Crippen molar-refractivity contribution in [3.05, 3.63) is 53.6 Å². The summed E-state index contributed by atoms with van der Waals surface area (Å²) >= 11 is 0. The van der Waals surface area contributed by atoms with Crippen LogP contribution in [0.3, 0.4) is 0 Å². The molecule has 0 aromatic heterocycles. The van der Waals surface area contributed by atoms with Crippen LogP contribution in [0.15, 0.2) is 41.4 Å². The van der Waals surface area contributed by atoms with Crippen LogP contribution in [0.5, 0.6) is 17.2 Å². The second kappa shape index (κ2) is 12.2.